The number of rotatable bonds is 5. The Morgan fingerprint density at radius 3 is 1.50 bits per heavy atom. The van der Waals surface area contributed by atoms with Gasteiger partial charge in [-0.05, 0) is 66.7 Å². The summed E-state index contributed by atoms with van der Waals surface area (Å²) in [5, 5.41) is 14.2. The Hall–Kier alpha value is -7.29. The summed E-state index contributed by atoms with van der Waals surface area (Å²) < 4.78 is 4.65. The highest BCUT2D eigenvalue weighted by Crippen LogP contribution is 2.37. The van der Waals surface area contributed by atoms with Crippen LogP contribution in [0.5, 0.6) is 0 Å². The number of fused-ring (bicyclic) bond motifs is 6. The van der Waals surface area contributed by atoms with Gasteiger partial charge in [-0.2, -0.15) is 5.26 Å². The molecule has 5 nitrogen and oxygen atoms in total. The van der Waals surface area contributed by atoms with E-state index in [1.165, 1.54) is 10.8 Å². The molecular formula is C47H29N5. The topological polar surface area (TPSA) is 59.4 Å². The van der Waals surface area contributed by atoms with Crippen molar-refractivity contribution in [3.8, 4) is 51.3 Å². The molecule has 3 heterocycles. The normalized spacial score (nSPS) is 11.4. The molecule has 0 aliphatic heterocycles. The molecule has 7 aromatic carbocycles. The molecule has 0 amide bonds. The SMILES string of the molecule is N#Cc1ccc2c(c1)c1ccccc1n2-c1ccc2c(c1)c1ccccc1n2-c1ccc(-c2cc(-c3ccccc3)nc(-c3ccccc3)n2)cc1. The molecule has 0 aliphatic carbocycles. The number of hydrogen-bond donors (Lipinski definition) is 0. The predicted octanol–water partition coefficient (Wildman–Crippen LogP) is 11.5. The molecule has 3 aromatic heterocycles. The van der Waals surface area contributed by atoms with Crippen molar-refractivity contribution in [3.63, 3.8) is 0 Å². The van der Waals surface area contributed by atoms with Gasteiger partial charge in [-0.1, -0.05) is 109 Å². The lowest BCUT2D eigenvalue weighted by atomic mass is 10.1. The monoisotopic (exact) mass is 663 g/mol. The van der Waals surface area contributed by atoms with Crippen LogP contribution in [0.1, 0.15) is 5.56 Å². The van der Waals surface area contributed by atoms with Gasteiger partial charge in [-0.25, -0.2) is 9.97 Å². The molecule has 0 saturated heterocycles. The molecular weight excluding hydrogens is 635 g/mol. The Balaban J connectivity index is 1.11. The number of nitrogens with zero attached hydrogens (tertiary/aromatic N) is 5. The van der Waals surface area contributed by atoms with E-state index in [9.17, 15) is 5.26 Å². The number of nitriles is 1. The van der Waals surface area contributed by atoms with Crippen LogP contribution in [0, 0.1) is 11.3 Å². The Labute approximate surface area is 299 Å². The number of benzene rings is 7. The molecule has 5 heteroatoms. The van der Waals surface area contributed by atoms with Gasteiger partial charge in [0.2, 0.25) is 0 Å². The first kappa shape index (κ1) is 29.6. The molecule has 0 radical (unpaired) electrons. The zero-order valence-corrected chi connectivity index (χ0v) is 28.0. The minimum absolute atomic E-state index is 0.660. The molecule has 0 aliphatic rings. The van der Waals surface area contributed by atoms with Crippen LogP contribution in [-0.2, 0) is 0 Å². The maximum Gasteiger partial charge on any atom is 0.160 e. The summed E-state index contributed by atoms with van der Waals surface area (Å²) in [6.07, 6.45) is 0. The molecule has 0 spiro atoms. The lowest BCUT2D eigenvalue weighted by Gasteiger charge is -2.12. The quantitative estimate of drug-likeness (QED) is 0.184. The van der Waals surface area contributed by atoms with Crippen LogP contribution >= 0.6 is 0 Å². The third-order valence-corrected chi connectivity index (χ3v) is 9.96. The van der Waals surface area contributed by atoms with E-state index in [4.69, 9.17) is 9.97 Å². The van der Waals surface area contributed by atoms with Crippen molar-refractivity contribution in [2.45, 2.75) is 0 Å². The average Bonchev–Trinajstić information content (AvgIpc) is 3.73. The first-order valence-electron chi connectivity index (χ1n) is 17.3. The summed E-state index contributed by atoms with van der Waals surface area (Å²) in [6, 6.07) is 63.2. The van der Waals surface area contributed by atoms with Crippen LogP contribution in [0.25, 0.3) is 88.9 Å². The highest BCUT2D eigenvalue weighted by Gasteiger charge is 2.17. The zero-order chi connectivity index (χ0) is 34.6. The second kappa shape index (κ2) is 11.9. The van der Waals surface area contributed by atoms with Crippen molar-refractivity contribution >= 4 is 43.6 Å². The van der Waals surface area contributed by atoms with Crippen molar-refractivity contribution < 1.29 is 0 Å². The van der Waals surface area contributed by atoms with Gasteiger partial charge in [0, 0.05) is 49.6 Å². The fourth-order valence-corrected chi connectivity index (χ4v) is 7.55. The molecule has 10 aromatic rings. The van der Waals surface area contributed by atoms with Crippen LogP contribution in [-0.4, -0.2) is 19.1 Å². The van der Waals surface area contributed by atoms with Gasteiger partial charge in [0.25, 0.3) is 0 Å². The van der Waals surface area contributed by atoms with E-state index in [0.717, 1.165) is 72.3 Å². The molecule has 0 bridgehead atoms. The fraction of sp³-hybridized carbons (Fsp3) is 0. The van der Waals surface area contributed by atoms with Gasteiger partial charge in [-0.3, -0.25) is 0 Å². The minimum Gasteiger partial charge on any atom is -0.309 e. The van der Waals surface area contributed by atoms with Crippen LogP contribution in [0.15, 0.2) is 176 Å². The first-order valence-corrected chi connectivity index (χ1v) is 17.3. The minimum atomic E-state index is 0.660. The van der Waals surface area contributed by atoms with Crippen molar-refractivity contribution in [2.75, 3.05) is 0 Å². The van der Waals surface area contributed by atoms with Gasteiger partial charge in [0.1, 0.15) is 0 Å². The summed E-state index contributed by atoms with van der Waals surface area (Å²) in [7, 11) is 0. The Morgan fingerprint density at radius 2 is 0.865 bits per heavy atom. The van der Waals surface area contributed by atoms with E-state index in [1.807, 2.05) is 48.5 Å². The summed E-state index contributed by atoms with van der Waals surface area (Å²) in [5.41, 5.74) is 12.1. The molecule has 0 N–H and O–H groups in total. The second-order valence-corrected chi connectivity index (χ2v) is 13.0. The van der Waals surface area contributed by atoms with Crippen LogP contribution in [0.2, 0.25) is 0 Å². The Bertz CT molecular complexity index is 2950. The molecule has 52 heavy (non-hydrogen) atoms. The van der Waals surface area contributed by atoms with E-state index in [1.54, 1.807) is 0 Å². The maximum atomic E-state index is 9.62. The second-order valence-electron chi connectivity index (χ2n) is 13.0. The van der Waals surface area contributed by atoms with Crippen molar-refractivity contribution in [1.82, 2.24) is 19.1 Å². The number of hydrogen-bond acceptors (Lipinski definition) is 3. The summed E-state index contributed by atoms with van der Waals surface area (Å²) in [6.45, 7) is 0. The predicted molar refractivity (Wildman–Crippen MR) is 212 cm³/mol. The summed E-state index contributed by atoms with van der Waals surface area (Å²) in [4.78, 5) is 10.0. The van der Waals surface area contributed by atoms with E-state index >= 15 is 0 Å². The van der Waals surface area contributed by atoms with Crippen molar-refractivity contribution in [2.24, 2.45) is 0 Å². The third-order valence-electron chi connectivity index (χ3n) is 9.96. The van der Waals surface area contributed by atoms with Gasteiger partial charge in [-0.15, -0.1) is 0 Å². The standard InChI is InChI=1S/C47H29N5/c48-30-31-19-25-45-39(27-31)37-15-7-10-18-44(37)52(45)36-24-26-46-40(28-36)38-16-8-9-17-43(38)51(46)35-22-20-33(21-23-35)42-29-41(32-11-3-1-4-12-32)49-47(50-42)34-13-5-2-6-14-34/h1-29H. The molecule has 242 valence electrons. The molecule has 0 unspecified atom stereocenters. The Kier molecular flexibility index (Phi) is 6.80. The molecule has 0 fully saturated rings. The van der Waals surface area contributed by atoms with Gasteiger partial charge >= 0.3 is 0 Å². The fourth-order valence-electron chi connectivity index (χ4n) is 7.55. The van der Waals surface area contributed by atoms with E-state index < -0.39 is 0 Å². The highest BCUT2D eigenvalue weighted by molar-refractivity contribution is 6.12. The van der Waals surface area contributed by atoms with Crippen molar-refractivity contribution in [3.05, 3.63) is 181 Å². The van der Waals surface area contributed by atoms with E-state index in [0.29, 0.717) is 11.4 Å². The lowest BCUT2D eigenvalue weighted by molar-refractivity contribution is 1.16. The third kappa shape index (κ3) is 4.78. The smallest absolute Gasteiger partial charge is 0.160 e. The zero-order valence-electron chi connectivity index (χ0n) is 28.0. The molecule has 0 atom stereocenters. The lowest BCUT2D eigenvalue weighted by Crippen LogP contribution is -1.97. The summed E-state index contributed by atoms with van der Waals surface area (Å²) >= 11 is 0. The number of para-hydroxylation sites is 2. The average molecular weight is 664 g/mol. The van der Waals surface area contributed by atoms with Crippen molar-refractivity contribution in [1.29, 1.82) is 5.26 Å². The molecule has 0 saturated carbocycles. The van der Waals surface area contributed by atoms with Gasteiger partial charge < -0.3 is 9.13 Å². The molecule has 10 rings (SSSR count). The van der Waals surface area contributed by atoms with Crippen LogP contribution in [0.4, 0.5) is 0 Å². The summed E-state index contributed by atoms with van der Waals surface area (Å²) in [5.74, 6) is 0.702. The van der Waals surface area contributed by atoms with E-state index in [-0.39, 0.29) is 0 Å². The first-order chi connectivity index (χ1) is 25.7. The maximum absolute atomic E-state index is 9.62. The number of aromatic nitrogens is 4. The van der Waals surface area contributed by atoms with Gasteiger partial charge in [0.15, 0.2) is 5.82 Å². The van der Waals surface area contributed by atoms with E-state index in [2.05, 4.69) is 143 Å². The van der Waals surface area contributed by atoms with Gasteiger partial charge in [0.05, 0.1) is 45.1 Å². The Morgan fingerprint density at radius 1 is 0.385 bits per heavy atom. The highest BCUT2D eigenvalue weighted by atomic mass is 15.0. The van der Waals surface area contributed by atoms with Crippen LogP contribution in [0.3, 0.4) is 0 Å². The largest absolute Gasteiger partial charge is 0.309 e. The van der Waals surface area contributed by atoms with Crippen LogP contribution < -0.4 is 0 Å².